The Morgan fingerprint density at radius 2 is 1.87 bits per heavy atom. The first-order chi connectivity index (χ1) is 14.8. The molecule has 160 valence electrons. The van der Waals surface area contributed by atoms with E-state index in [0.29, 0.717) is 5.69 Å². The number of anilines is 3. The maximum atomic E-state index is 14.3. The molecule has 8 nitrogen and oxygen atoms in total. The molecular weight excluding hydrogens is 403 g/mol. The van der Waals surface area contributed by atoms with Crippen LogP contribution in [0.15, 0.2) is 53.9 Å². The second-order valence-corrected chi connectivity index (χ2v) is 6.67. The van der Waals surface area contributed by atoms with E-state index in [2.05, 4.69) is 25.3 Å². The number of hydrogen-bond acceptors (Lipinski definition) is 8. The molecule has 0 saturated carbocycles. The Labute approximate surface area is 178 Å². The van der Waals surface area contributed by atoms with Gasteiger partial charge >= 0.3 is 5.97 Å². The molecule has 1 heterocycles. The Morgan fingerprint density at radius 1 is 1.16 bits per heavy atom. The number of aryl methyl sites for hydroxylation is 2. The van der Waals surface area contributed by atoms with Crippen molar-refractivity contribution >= 4 is 29.2 Å². The Bertz CT molecular complexity index is 1120. The number of methoxy groups -OCH3 is 2. The number of carbonyl (C=O) groups excluding carboxylic acids is 2. The maximum absolute atomic E-state index is 14.3. The summed E-state index contributed by atoms with van der Waals surface area (Å²) in [5.74, 6) is -1.06. The fourth-order valence-corrected chi connectivity index (χ4v) is 3.07. The molecule has 0 unspecified atom stereocenters. The van der Waals surface area contributed by atoms with Gasteiger partial charge in [-0.15, -0.1) is 0 Å². The van der Waals surface area contributed by atoms with Crippen LogP contribution in [0.25, 0.3) is 0 Å². The predicted molar refractivity (Wildman–Crippen MR) is 114 cm³/mol. The van der Waals surface area contributed by atoms with Crippen LogP contribution < -0.4 is 15.4 Å². The van der Waals surface area contributed by atoms with Gasteiger partial charge in [-0.25, -0.2) is 14.2 Å². The van der Waals surface area contributed by atoms with Gasteiger partial charge in [0.15, 0.2) is 11.6 Å². The van der Waals surface area contributed by atoms with Gasteiger partial charge in [0, 0.05) is 17.3 Å². The summed E-state index contributed by atoms with van der Waals surface area (Å²) in [6.45, 7) is 3.77. The van der Waals surface area contributed by atoms with Gasteiger partial charge in [-0.3, -0.25) is 4.79 Å². The van der Waals surface area contributed by atoms with E-state index in [1.807, 2.05) is 26.0 Å². The molecule has 1 aromatic heterocycles. The molecule has 9 heteroatoms. The number of nitrogens with zero attached hydrogens (tertiary/aromatic N) is 2. The van der Waals surface area contributed by atoms with E-state index < -0.39 is 17.6 Å². The fraction of sp³-hybridized carbons (Fsp3) is 0.182. The van der Waals surface area contributed by atoms with Crippen molar-refractivity contribution in [2.75, 3.05) is 24.9 Å². The Kier molecular flexibility index (Phi) is 6.44. The number of esters is 1. The molecule has 3 rings (SSSR count). The number of halogens is 1. The van der Waals surface area contributed by atoms with E-state index in [9.17, 15) is 14.0 Å². The summed E-state index contributed by atoms with van der Waals surface area (Å²) in [5.41, 5.74) is 2.66. The average Bonchev–Trinajstić information content (AvgIpc) is 2.73. The van der Waals surface area contributed by atoms with Crippen LogP contribution in [0.5, 0.6) is 5.75 Å². The SMILES string of the molecule is COC(=O)C=C1C=CC=C(Nc2ncc(F)c(Nc3cc(C)c(OC)c(C)c3)n2)C1=O. The standard InChI is InChI=1S/C22H21FN4O4/c1-12-8-15(9-13(2)20(12)31-4)25-21-16(23)11-24-22(27-21)26-17-7-5-6-14(19(17)29)10-18(28)30-3/h5-11H,1-4H3,(H2,24,25,26,27). The van der Waals surface area contributed by atoms with E-state index in [-0.39, 0.29) is 23.0 Å². The van der Waals surface area contributed by atoms with Gasteiger partial charge in [-0.05, 0) is 43.2 Å². The third kappa shape index (κ3) is 4.95. The van der Waals surface area contributed by atoms with Gasteiger partial charge in [0.05, 0.1) is 26.1 Å². The first kappa shape index (κ1) is 21.7. The van der Waals surface area contributed by atoms with Crippen LogP contribution >= 0.6 is 0 Å². The van der Waals surface area contributed by atoms with Crippen LogP contribution in [0.3, 0.4) is 0 Å². The van der Waals surface area contributed by atoms with Gasteiger partial charge in [0.2, 0.25) is 11.7 Å². The summed E-state index contributed by atoms with van der Waals surface area (Å²) in [7, 11) is 2.81. The highest BCUT2D eigenvalue weighted by atomic mass is 19.1. The monoisotopic (exact) mass is 424 g/mol. The number of hydrogen-bond donors (Lipinski definition) is 2. The molecule has 0 aliphatic heterocycles. The predicted octanol–water partition coefficient (Wildman–Crippen LogP) is 3.52. The number of allylic oxidation sites excluding steroid dienone is 4. The lowest BCUT2D eigenvalue weighted by Gasteiger charge is -2.15. The number of nitrogens with one attached hydrogen (secondary N) is 2. The number of aromatic nitrogens is 2. The summed E-state index contributed by atoms with van der Waals surface area (Å²) in [5, 5.41) is 5.69. The summed E-state index contributed by atoms with van der Waals surface area (Å²) in [6.07, 6.45) is 6.66. The number of benzene rings is 1. The van der Waals surface area contributed by atoms with Gasteiger partial charge in [0.1, 0.15) is 5.75 Å². The molecule has 1 aliphatic rings. The van der Waals surface area contributed by atoms with E-state index in [1.165, 1.54) is 19.3 Å². The molecule has 0 saturated heterocycles. The van der Waals surface area contributed by atoms with Crippen molar-refractivity contribution in [3.05, 3.63) is 70.8 Å². The molecule has 31 heavy (non-hydrogen) atoms. The normalized spacial score (nSPS) is 14.3. The zero-order valence-electron chi connectivity index (χ0n) is 17.4. The summed E-state index contributed by atoms with van der Waals surface area (Å²) in [4.78, 5) is 32.0. The third-order valence-corrected chi connectivity index (χ3v) is 4.44. The van der Waals surface area contributed by atoms with Gasteiger partial charge in [0.25, 0.3) is 0 Å². The topological polar surface area (TPSA) is 102 Å². The van der Waals surface area contributed by atoms with Crippen LogP contribution in [0, 0.1) is 19.7 Å². The van der Waals surface area contributed by atoms with Gasteiger partial charge < -0.3 is 20.1 Å². The number of carbonyl (C=O) groups is 2. The zero-order chi connectivity index (χ0) is 22.5. The highest BCUT2D eigenvalue weighted by Crippen LogP contribution is 2.29. The van der Waals surface area contributed by atoms with E-state index in [1.54, 1.807) is 13.2 Å². The van der Waals surface area contributed by atoms with Crippen molar-refractivity contribution in [1.82, 2.24) is 9.97 Å². The lowest BCUT2D eigenvalue weighted by Crippen LogP contribution is -2.18. The molecule has 0 spiro atoms. The molecular formula is C22H21FN4O4. The Hall–Kier alpha value is -4.01. The smallest absolute Gasteiger partial charge is 0.331 e. The van der Waals surface area contributed by atoms with Gasteiger partial charge in [-0.2, -0.15) is 4.98 Å². The largest absolute Gasteiger partial charge is 0.496 e. The van der Waals surface area contributed by atoms with Crippen molar-refractivity contribution in [2.45, 2.75) is 13.8 Å². The third-order valence-electron chi connectivity index (χ3n) is 4.44. The van der Waals surface area contributed by atoms with Crippen molar-refractivity contribution < 1.29 is 23.5 Å². The van der Waals surface area contributed by atoms with Crippen LogP contribution in [0.4, 0.5) is 21.8 Å². The molecule has 0 atom stereocenters. The molecule has 0 bridgehead atoms. The number of rotatable bonds is 6. The fourth-order valence-electron chi connectivity index (χ4n) is 3.07. The molecule has 0 amide bonds. The minimum atomic E-state index is -0.660. The molecule has 2 N–H and O–H groups in total. The van der Waals surface area contributed by atoms with Crippen LogP contribution in [0.2, 0.25) is 0 Å². The first-order valence-electron chi connectivity index (χ1n) is 9.27. The maximum Gasteiger partial charge on any atom is 0.331 e. The number of ketones is 1. The van der Waals surface area contributed by atoms with Crippen molar-refractivity contribution in [3.63, 3.8) is 0 Å². The highest BCUT2D eigenvalue weighted by molar-refractivity contribution is 6.15. The van der Waals surface area contributed by atoms with E-state index in [0.717, 1.165) is 29.1 Å². The zero-order valence-corrected chi connectivity index (χ0v) is 17.4. The van der Waals surface area contributed by atoms with Crippen LogP contribution in [-0.2, 0) is 14.3 Å². The lowest BCUT2D eigenvalue weighted by atomic mass is 10.0. The van der Waals surface area contributed by atoms with E-state index >= 15 is 0 Å². The molecule has 0 radical (unpaired) electrons. The molecule has 0 fully saturated rings. The van der Waals surface area contributed by atoms with Crippen molar-refractivity contribution in [2.24, 2.45) is 0 Å². The van der Waals surface area contributed by atoms with Gasteiger partial charge in [-0.1, -0.05) is 12.2 Å². The average molecular weight is 424 g/mol. The molecule has 1 aliphatic carbocycles. The van der Waals surface area contributed by atoms with Crippen molar-refractivity contribution in [3.8, 4) is 5.75 Å². The quantitative estimate of drug-likeness (QED) is 0.536. The second-order valence-electron chi connectivity index (χ2n) is 6.67. The van der Waals surface area contributed by atoms with E-state index in [4.69, 9.17) is 4.74 Å². The number of ether oxygens (including phenoxy) is 2. The summed E-state index contributed by atoms with van der Waals surface area (Å²) < 4.78 is 24.2. The van der Waals surface area contributed by atoms with Crippen LogP contribution in [0.1, 0.15) is 11.1 Å². The lowest BCUT2D eigenvalue weighted by molar-refractivity contribution is -0.135. The summed E-state index contributed by atoms with van der Waals surface area (Å²) in [6, 6.07) is 3.62. The Balaban J connectivity index is 1.83. The minimum absolute atomic E-state index is 0.0122. The Morgan fingerprint density at radius 3 is 2.52 bits per heavy atom. The molecule has 2 aromatic rings. The van der Waals surface area contributed by atoms with Crippen molar-refractivity contribution in [1.29, 1.82) is 0 Å². The summed E-state index contributed by atoms with van der Waals surface area (Å²) >= 11 is 0. The second kappa shape index (κ2) is 9.21. The number of Topliss-reactive ketones (excluding diaryl/α,β-unsaturated/α-hetero) is 1. The highest BCUT2D eigenvalue weighted by Gasteiger charge is 2.19. The van der Waals surface area contributed by atoms with Crippen LogP contribution in [-0.4, -0.2) is 35.9 Å². The molecule has 1 aromatic carbocycles. The minimum Gasteiger partial charge on any atom is -0.496 e. The first-order valence-corrected chi connectivity index (χ1v) is 9.27.